The van der Waals surface area contributed by atoms with Crippen molar-refractivity contribution in [1.29, 1.82) is 0 Å². The van der Waals surface area contributed by atoms with Crippen molar-refractivity contribution in [3.8, 4) is 0 Å². The number of nitrogens with one attached hydrogen (secondary N) is 1. The van der Waals surface area contributed by atoms with Gasteiger partial charge in [-0.2, -0.15) is 0 Å². The minimum atomic E-state index is 0.832. The SMILES string of the molecule is CCNc1cccc(CN(CC)c2ccc(C)cc2)n1. The largest absolute Gasteiger partial charge is 0.370 e. The van der Waals surface area contributed by atoms with E-state index in [2.05, 4.69) is 72.4 Å². The molecule has 1 aromatic heterocycles. The molecule has 106 valence electrons. The van der Waals surface area contributed by atoms with Gasteiger partial charge in [-0.05, 0) is 45.0 Å². The van der Waals surface area contributed by atoms with Crippen LogP contribution in [0.5, 0.6) is 0 Å². The van der Waals surface area contributed by atoms with Crippen LogP contribution in [0, 0.1) is 6.92 Å². The lowest BCUT2D eigenvalue weighted by Crippen LogP contribution is -2.22. The zero-order valence-electron chi connectivity index (χ0n) is 12.6. The van der Waals surface area contributed by atoms with E-state index in [9.17, 15) is 0 Å². The van der Waals surface area contributed by atoms with Gasteiger partial charge >= 0.3 is 0 Å². The molecule has 0 aliphatic heterocycles. The molecule has 0 fully saturated rings. The van der Waals surface area contributed by atoms with E-state index in [0.717, 1.165) is 31.1 Å². The van der Waals surface area contributed by atoms with Crippen LogP contribution in [0.1, 0.15) is 25.1 Å². The van der Waals surface area contributed by atoms with Crippen LogP contribution in [0.3, 0.4) is 0 Å². The van der Waals surface area contributed by atoms with E-state index in [-0.39, 0.29) is 0 Å². The lowest BCUT2D eigenvalue weighted by atomic mass is 10.2. The summed E-state index contributed by atoms with van der Waals surface area (Å²) in [6.07, 6.45) is 0. The molecular formula is C17H23N3. The van der Waals surface area contributed by atoms with Crippen LogP contribution in [-0.2, 0) is 6.54 Å². The van der Waals surface area contributed by atoms with Gasteiger partial charge in [0.2, 0.25) is 0 Å². The molecule has 0 bridgehead atoms. The molecule has 0 aliphatic carbocycles. The summed E-state index contributed by atoms with van der Waals surface area (Å²) in [6, 6.07) is 14.8. The molecule has 0 amide bonds. The van der Waals surface area contributed by atoms with Crippen molar-refractivity contribution in [2.45, 2.75) is 27.3 Å². The van der Waals surface area contributed by atoms with Crippen LogP contribution in [0.2, 0.25) is 0 Å². The number of hydrogen-bond acceptors (Lipinski definition) is 3. The van der Waals surface area contributed by atoms with Crippen molar-refractivity contribution >= 4 is 11.5 Å². The Morgan fingerprint density at radius 3 is 2.45 bits per heavy atom. The molecule has 0 aliphatic rings. The first-order chi connectivity index (χ1) is 9.72. The Labute approximate surface area is 121 Å². The van der Waals surface area contributed by atoms with Crippen LogP contribution >= 0.6 is 0 Å². The van der Waals surface area contributed by atoms with Crippen molar-refractivity contribution in [3.05, 3.63) is 53.7 Å². The standard InChI is InChI=1S/C17H23N3/c1-4-18-17-8-6-7-15(19-17)13-20(5-2)16-11-9-14(3)10-12-16/h6-12H,4-5,13H2,1-3H3,(H,18,19). The van der Waals surface area contributed by atoms with E-state index >= 15 is 0 Å². The molecule has 0 atom stereocenters. The summed E-state index contributed by atoms with van der Waals surface area (Å²) < 4.78 is 0. The van der Waals surface area contributed by atoms with E-state index < -0.39 is 0 Å². The van der Waals surface area contributed by atoms with E-state index in [1.54, 1.807) is 0 Å². The van der Waals surface area contributed by atoms with Crippen molar-refractivity contribution in [3.63, 3.8) is 0 Å². The Bertz CT molecular complexity index is 534. The Hall–Kier alpha value is -2.03. The van der Waals surface area contributed by atoms with Gasteiger partial charge in [0.1, 0.15) is 5.82 Å². The third-order valence-electron chi connectivity index (χ3n) is 3.30. The zero-order chi connectivity index (χ0) is 14.4. The maximum Gasteiger partial charge on any atom is 0.126 e. The number of aromatic nitrogens is 1. The number of aryl methyl sites for hydroxylation is 1. The molecule has 2 rings (SSSR count). The molecule has 0 saturated heterocycles. The highest BCUT2D eigenvalue weighted by molar-refractivity contribution is 5.48. The molecule has 20 heavy (non-hydrogen) atoms. The fourth-order valence-corrected chi connectivity index (χ4v) is 2.18. The number of nitrogens with zero attached hydrogens (tertiary/aromatic N) is 2. The average molecular weight is 269 g/mol. The Morgan fingerprint density at radius 2 is 1.80 bits per heavy atom. The normalized spacial score (nSPS) is 10.3. The molecular weight excluding hydrogens is 246 g/mol. The molecule has 3 nitrogen and oxygen atoms in total. The topological polar surface area (TPSA) is 28.2 Å². The quantitative estimate of drug-likeness (QED) is 0.863. The van der Waals surface area contributed by atoms with E-state index in [4.69, 9.17) is 0 Å². The maximum atomic E-state index is 4.64. The third-order valence-corrected chi connectivity index (χ3v) is 3.30. The summed E-state index contributed by atoms with van der Waals surface area (Å²) in [4.78, 5) is 6.97. The fourth-order valence-electron chi connectivity index (χ4n) is 2.18. The van der Waals surface area contributed by atoms with Crippen LogP contribution < -0.4 is 10.2 Å². The zero-order valence-corrected chi connectivity index (χ0v) is 12.6. The van der Waals surface area contributed by atoms with Crippen molar-refractivity contribution in [2.24, 2.45) is 0 Å². The smallest absolute Gasteiger partial charge is 0.126 e. The summed E-state index contributed by atoms with van der Waals surface area (Å²) in [6.45, 7) is 9.06. The fraction of sp³-hybridized carbons (Fsp3) is 0.353. The summed E-state index contributed by atoms with van der Waals surface area (Å²) in [5, 5.41) is 3.26. The Kier molecular flexibility index (Phi) is 4.99. The summed E-state index contributed by atoms with van der Waals surface area (Å²) in [5.74, 6) is 0.949. The van der Waals surface area contributed by atoms with E-state index in [1.165, 1.54) is 11.3 Å². The van der Waals surface area contributed by atoms with Gasteiger partial charge in [-0.1, -0.05) is 23.8 Å². The third kappa shape index (κ3) is 3.73. The molecule has 2 aromatic rings. The molecule has 1 N–H and O–H groups in total. The second-order valence-corrected chi connectivity index (χ2v) is 4.89. The Morgan fingerprint density at radius 1 is 1.05 bits per heavy atom. The molecule has 0 radical (unpaired) electrons. The maximum absolute atomic E-state index is 4.64. The first kappa shape index (κ1) is 14.4. The monoisotopic (exact) mass is 269 g/mol. The first-order valence-corrected chi connectivity index (χ1v) is 7.24. The highest BCUT2D eigenvalue weighted by atomic mass is 15.1. The number of pyridine rings is 1. The molecule has 0 spiro atoms. The molecule has 0 saturated carbocycles. The first-order valence-electron chi connectivity index (χ1n) is 7.24. The predicted molar refractivity (Wildman–Crippen MR) is 86.3 cm³/mol. The summed E-state index contributed by atoms with van der Waals surface area (Å²) >= 11 is 0. The van der Waals surface area contributed by atoms with Crippen molar-refractivity contribution in [2.75, 3.05) is 23.3 Å². The van der Waals surface area contributed by atoms with Gasteiger partial charge in [0.05, 0.1) is 12.2 Å². The number of benzene rings is 1. The number of rotatable bonds is 6. The van der Waals surface area contributed by atoms with E-state index in [1.807, 2.05) is 6.07 Å². The minimum Gasteiger partial charge on any atom is -0.370 e. The van der Waals surface area contributed by atoms with Crippen molar-refractivity contribution < 1.29 is 0 Å². The highest BCUT2D eigenvalue weighted by Crippen LogP contribution is 2.17. The minimum absolute atomic E-state index is 0.832. The average Bonchev–Trinajstić information content (AvgIpc) is 2.47. The summed E-state index contributed by atoms with van der Waals surface area (Å²) in [7, 11) is 0. The van der Waals surface area contributed by atoms with Gasteiger partial charge in [-0.3, -0.25) is 0 Å². The van der Waals surface area contributed by atoms with Crippen LogP contribution in [-0.4, -0.2) is 18.1 Å². The lowest BCUT2D eigenvalue weighted by Gasteiger charge is -2.23. The number of hydrogen-bond donors (Lipinski definition) is 1. The lowest BCUT2D eigenvalue weighted by molar-refractivity contribution is 0.810. The summed E-state index contributed by atoms with van der Waals surface area (Å²) in [5.41, 5.74) is 3.62. The number of anilines is 2. The van der Waals surface area contributed by atoms with E-state index in [0.29, 0.717) is 0 Å². The molecule has 3 heteroatoms. The second-order valence-electron chi connectivity index (χ2n) is 4.89. The predicted octanol–water partition coefficient (Wildman–Crippen LogP) is 3.85. The van der Waals surface area contributed by atoms with Crippen LogP contribution in [0.4, 0.5) is 11.5 Å². The van der Waals surface area contributed by atoms with Gasteiger partial charge in [0.15, 0.2) is 0 Å². The Balaban J connectivity index is 2.13. The van der Waals surface area contributed by atoms with Gasteiger partial charge in [0.25, 0.3) is 0 Å². The molecule has 0 unspecified atom stereocenters. The highest BCUT2D eigenvalue weighted by Gasteiger charge is 2.06. The second kappa shape index (κ2) is 6.94. The van der Waals surface area contributed by atoms with Gasteiger partial charge in [-0.25, -0.2) is 4.98 Å². The van der Waals surface area contributed by atoms with Gasteiger partial charge in [-0.15, -0.1) is 0 Å². The molecule has 1 heterocycles. The van der Waals surface area contributed by atoms with Crippen molar-refractivity contribution in [1.82, 2.24) is 4.98 Å². The van der Waals surface area contributed by atoms with Gasteiger partial charge < -0.3 is 10.2 Å². The molecule has 1 aromatic carbocycles. The van der Waals surface area contributed by atoms with Crippen LogP contribution in [0.15, 0.2) is 42.5 Å². The van der Waals surface area contributed by atoms with Crippen LogP contribution in [0.25, 0.3) is 0 Å². The van der Waals surface area contributed by atoms with Gasteiger partial charge in [0, 0.05) is 18.8 Å².